The highest BCUT2D eigenvalue weighted by atomic mass is 32.2. The van der Waals surface area contributed by atoms with E-state index in [9.17, 15) is 18.3 Å². The number of primary sulfonamides is 1. The van der Waals surface area contributed by atoms with Gasteiger partial charge in [-0.1, -0.05) is 0 Å². The molecule has 1 amide bonds. The van der Waals surface area contributed by atoms with Crippen LogP contribution in [-0.2, 0) is 17.1 Å². The normalized spacial score (nSPS) is 19.9. The topological polar surface area (TPSA) is 106 Å². The zero-order chi connectivity index (χ0) is 14.2. The molecule has 2 rings (SSSR count). The fraction of sp³-hybridized carbons (Fsp3) is 0.545. The van der Waals surface area contributed by atoms with Crippen LogP contribution in [0, 0.1) is 0 Å². The molecule has 1 atom stereocenters. The number of rotatable bonds is 3. The van der Waals surface area contributed by atoms with E-state index in [0.717, 1.165) is 12.8 Å². The van der Waals surface area contributed by atoms with Crippen LogP contribution in [0.3, 0.4) is 0 Å². The van der Waals surface area contributed by atoms with Crippen molar-refractivity contribution >= 4 is 15.9 Å². The standard InChI is InChI=1S/C11H17N3O4S/c1-13-6-9(19(12,17)18)5-10(13)11(16)14-4-2-3-8(14)7-15/h5-6,8,15H,2-4,7H2,1H3,(H2,12,17,18)/t8-/m1/s1. The number of hydrogen-bond acceptors (Lipinski definition) is 4. The van der Waals surface area contributed by atoms with Crippen molar-refractivity contribution in [3.8, 4) is 0 Å². The molecule has 1 aliphatic heterocycles. The highest BCUT2D eigenvalue weighted by Gasteiger charge is 2.30. The van der Waals surface area contributed by atoms with Crippen LogP contribution >= 0.6 is 0 Å². The number of carbonyl (C=O) groups is 1. The first-order valence-corrected chi connectivity index (χ1v) is 7.50. The average Bonchev–Trinajstić information content (AvgIpc) is 2.92. The van der Waals surface area contributed by atoms with Crippen molar-refractivity contribution in [2.24, 2.45) is 12.2 Å². The van der Waals surface area contributed by atoms with Crippen molar-refractivity contribution in [1.29, 1.82) is 0 Å². The molecule has 1 fully saturated rings. The maximum absolute atomic E-state index is 12.3. The van der Waals surface area contributed by atoms with Gasteiger partial charge in [0, 0.05) is 19.8 Å². The number of hydrogen-bond donors (Lipinski definition) is 2. The van der Waals surface area contributed by atoms with Gasteiger partial charge in [-0.2, -0.15) is 0 Å². The predicted molar refractivity (Wildman–Crippen MR) is 67.9 cm³/mol. The number of carbonyl (C=O) groups excluding carboxylic acids is 1. The van der Waals surface area contributed by atoms with Crippen molar-refractivity contribution in [1.82, 2.24) is 9.47 Å². The lowest BCUT2D eigenvalue weighted by molar-refractivity contribution is 0.0668. The van der Waals surface area contributed by atoms with E-state index in [1.165, 1.54) is 16.8 Å². The summed E-state index contributed by atoms with van der Waals surface area (Å²) in [4.78, 5) is 13.8. The van der Waals surface area contributed by atoms with Gasteiger partial charge in [-0.15, -0.1) is 0 Å². The number of nitrogens with zero attached hydrogens (tertiary/aromatic N) is 2. The number of aromatic nitrogens is 1. The van der Waals surface area contributed by atoms with E-state index in [1.54, 1.807) is 11.9 Å². The molecule has 0 bridgehead atoms. The molecule has 0 spiro atoms. The van der Waals surface area contributed by atoms with Crippen LogP contribution < -0.4 is 5.14 Å². The molecule has 1 aliphatic rings. The molecule has 19 heavy (non-hydrogen) atoms. The second kappa shape index (κ2) is 4.95. The molecule has 7 nitrogen and oxygen atoms in total. The first-order valence-electron chi connectivity index (χ1n) is 5.95. The van der Waals surface area contributed by atoms with E-state index in [4.69, 9.17) is 5.14 Å². The molecule has 1 aromatic rings. The summed E-state index contributed by atoms with van der Waals surface area (Å²) in [7, 11) is -2.23. The minimum absolute atomic E-state index is 0.0851. The third-order valence-electron chi connectivity index (χ3n) is 3.38. The predicted octanol–water partition coefficient (Wildman–Crippen LogP) is -0.731. The monoisotopic (exact) mass is 287 g/mol. The molecular weight excluding hydrogens is 270 g/mol. The lowest BCUT2D eigenvalue weighted by atomic mass is 10.2. The molecule has 8 heteroatoms. The van der Waals surface area contributed by atoms with Crippen molar-refractivity contribution in [2.45, 2.75) is 23.8 Å². The molecule has 0 radical (unpaired) electrons. The number of aryl methyl sites for hydroxylation is 1. The summed E-state index contributed by atoms with van der Waals surface area (Å²) in [6.07, 6.45) is 2.91. The Bertz CT molecular complexity index is 593. The van der Waals surface area contributed by atoms with Gasteiger partial charge >= 0.3 is 0 Å². The Morgan fingerprint density at radius 2 is 2.26 bits per heavy atom. The van der Waals surface area contributed by atoms with Crippen molar-refractivity contribution in [3.05, 3.63) is 18.0 Å². The third kappa shape index (κ3) is 2.65. The zero-order valence-electron chi connectivity index (χ0n) is 10.6. The highest BCUT2D eigenvalue weighted by Crippen LogP contribution is 2.21. The number of aliphatic hydroxyl groups excluding tert-OH is 1. The molecule has 0 unspecified atom stereocenters. The molecule has 1 saturated heterocycles. The molecule has 2 heterocycles. The maximum Gasteiger partial charge on any atom is 0.270 e. The molecule has 0 aliphatic carbocycles. The minimum Gasteiger partial charge on any atom is -0.394 e. The van der Waals surface area contributed by atoms with Gasteiger partial charge in [0.2, 0.25) is 10.0 Å². The number of aliphatic hydroxyl groups is 1. The van der Waals surface area contributed by atoms with E-state index in [2.05, 4.69) is 0 Å². The first kappa shape index (κ1) is 14.0. The fourth-order valence-electron chi connectivity index (χ4n) is 2.34. The summed E-state index contributed by atoms with van der Waals surface area (Å²) in [5.41, 5.74) is 0.254. The Morgan fingerprint density at radius 1 is 1.58 bits per heavy atom. The maximum atomic E-state index is 12.3. The Labute approximate surface area is 111 Å². The smallest absolute Gasteiger partial charge is 0.270 e. The van der Waals surface area contributed by atoms with E-state index in [0.29, 0.717) is 6.54 Å². The summed E-state index contributed by atoms with van der Waals surface area (Å²) < 4.78 is 24.0. The number of sulfonamides is 1. The summed E-state index contributed by atoms with van der Waals surface area (Å²) in [6.45, 7) is 0.484. The highest BCUT2D eigenvalue weighted by molar-refractivity contribution is 7.89. The summed E-state index contributed by atoms with van der Waals surface area (Å²) in [5, 5.41) is 14.3. The largest absolute Gasteiger partial charge is 0.394 e. The Kier molecular flexibility index (Phi) is 3.66. The van der Waals surface area contributed by atoms with E-state index >= 15 is 0 Å². The van der Waals surface area contributed by atoms with Crippen molar-refractivity contribution < 1.29 is 18.3 Å². The zero-order valence-corrected chi connectivity index (χ0v) is 11.4. The van der Waals surface area contributed by atoms with Gasteiger partial charge in [-0.3, -0.25) is 4.79 Å². The second-order valence-corrected chi connectivity index (χ2v) is 6.26. The van der Waals surface area contributed by atoms with Gasteiger partial charge in [0.25, 0.3) is 5.91 Å². The van der Waals surface area contributed by atoms with Crippen LogP contribution in [-0.4, -0.2) is 48.1 Å². The lowest BCUT2D eigenvalue weighted by Gasteiger charge is -2.23. The van der Waals surface area contributed by atoms with Gasteiger partial charge in [0.15, 0.2) is 0 Å². The van der Waals surface area contributed by atoms with Gasteiger partial charge in [-0.05, 0) is 18.9 Å². The summed E-state index contributed by atoms with van der Waals surface area (Å²) >= 11 is 0. The van der Waals surface area contributed by atoms with Gasteiger partial charge in [-0.25, -0.2) is 13.6 Å². The molecule has 3 N–H and O–H groups in total. The lowest BCUT2D eigenvalue weighted by Crippen LogP contribution is -2.38. The molecular formula is C11H17N3O4S. The first-order chi connectivity index (χ1) is 8.84. The van der Waals surface area contributed by atoms with E-state index in [-0.39, 0.29) is 29.1 Å². The van der Waals surface area contributed by atoms with Crippen LogP contribution in [0.1, 0.15) is 23.3 Å². The molecule has 0 aromatic carbocycles. The van der Waals surface area contributed by atoms with Crippen molar-refractivity contribution in [2.75, 3.05) is 13.2 Å². The van der Waals surface area contributed by atoms with Gasteiger partial charge in [0.05, 0.1) is 12.6 Å². The Morgan fingerprint density at radius 3 is 2.79 bits per heavy atom. The van der Waals surface area contributed by atoms with Gasteiger partial charge in [0.1, 0.15) is 10.6 Å². The molecule has 0 saturated carbocycles. The quantitative estimate of drug-likeness (QED) is 0.764. The molecule has 106 valence electrons. The fourth-order valence-corrected chi connectivity index (χ4v) is 2.92. The summed E-state index contributed by atoms with van der Waals surface area (Å²) in [6, 6.07) is 1.07. The van der Waals surface area contributed by atoms with E-state index in [1.807, 2.05) is 0 Å². The summed E-state index contributed by atoms with van der Waals surface area (Å²) in [5.74, 6) is -0.283. The van der Waals surface area contributed by atoms with Crippen molar-refractivity contribution in [3.63, 3.8) is 0 Å². The van der Waals surface area contributed by atoms with Crippen LogP contribution in [0.4, 0.5) is 0 Å². The third-order valence-corrected chi connectivity index (χ3v) is 4.26. The number of amides is 1. The Hall–Kier alpha value is -1.38. The van der Waals surface area contributed by atoms with E-state index < -0.39 is 10.0 Å². The van der Waals surface area contributed by atoms with Gasteiger partial charge < -0.3 is 14.6 Å². The number of likely N-dealkylation sites (tertiary alicyclic amines) is 1. The van der Waals surface area contributed by atoms with Crippen LogP contribution in [0.5, 0.6) is 0 Å². The molecule has 1 aromatic heterocycles. The number of nitrogens with two attached hydrogens (primary N) is 1. The minimum atomic E-state index is -3.82. The van der Waals surface area contributed by atoms with Crippen LogP contribution in [0.15, 0.2) is 17.2 Å². The SMILES string of the molecule is Cn1cc(S(N)(=O)=O)cc1C(=O)N1CCC[C@@H]1CO. The Balaban J connectivity index is 2.32. The second-order valence-electron chi connectivity index (χ2n) is 4.69. The van der Waals surface area contributed by atoms with Crippen LogP contribution in [0.2, 0.25) is 0 Å². The van der Waals surface area contributed by atoms with Crippen LogP contribution in [0.25, 0.3) is 0 Å². The average molecular weight is 287 g/mol.